The molecule has 1 aliphatic rings. The van der Waals surface area contributed by atoms with E-state index in [1.807, 2.05) is 6.07 Å². The van der Waals surface area contributed by atoms with E-state index in [4.69, 9.17) is 11.6 Å². The van der Waals surface area contributed by atoms with Gasteiger partial charge in [-0.25, -0.2) is 9.97 Å². The minimum Gasteiger partial charge on any atom is -0.374 e. The summed E-state index contributed by atoms with van der Waals surface area (Å²) in [6.45, 7) is 3.15. The molecule has 0 atom stereocenters. The number of aryl methyl sites for hydroxylation is 1. The van der Waals surface area contributed by atoms with Crippen LogP contribution in [0.15, 0.2) is 24.3 Å². The van der Waals surface area contributed by atoms with Gasteiger partial charge in [0.15, 0.2) is 5.82 Å². The summed E-state index contributed by atoms with van der Waals surface area (Å²) < 4.78 is 0. The standard InChI is InChI=1S/C15H16ClN3/c1-3-12-9-14(16)18-15(17-12)11-4-5-13-10(8-11)6-7-19(13)2/h4-5,8-9H,3,6-7H2,1-2H3. The van der Waals surface area contributed by atoms with Crippen molar-refractivity contribution in [2.75, 3.05) is 18.5 Å². The zero-order valence-electron chi connectivity index (χ0n) is 11.2. The van der Waals surface area contributed by atoms with Gasteiger partial charge in [0, 0.05) is 30.5 Å². The Morgan fingerprint density at radius 1 is 1.26 bits per heavy atom. The van der Waals surface area contributed by atoms with Gasteiger partial charge in [-0.3, -0.25) is 0 Å². The first kappa shape index (κ1) is 12.4. The number of aromatic nitrogens is 2. The van der Waals surface area contributed by atoms with Crippen LogP contribution in [0.4, 0.5) is 5.69 Å². The lowest BCUT2D eigenvalue weighted by molar-refractivity contribution is 0.956. The van der Waals surface area contributed by atoms with Crippen molar-refractivity contribution in [1.29, 1.82) is 0 Å². The molecule has 0 radical (unpaired) electrons. The van der Waals surface area contributed by atoms with E-state index >= 15 is 0 Å². The lowest BCUT2D eigenvalue weighted by Crippen LogP contribution is -2.12. The largest absolute Gasteiger partial charge is 0.374 e. The molecule has 0 aliphatic carbocycles. The minimum absolute atomic E-state index is 0.513. The van der Waals surface area contributed by atoms with Gasteiger partial charge >= 0.3 is 0 Å². The van der Waals surface area contributed by atoms with Crippen molar-refractivity contribution in [3.05, 3.63) is 40.7 Å². The third-order valence-corrected chi connectivity index (χ3v) is 3.77. The number of nitrogens with zero attached hydrogens (tertiary/aromatic N) is 3. The SMILES string of the molecule is CCc1cc(Cl)nc(-c2ccc3c(c2)CCN3C)n1. The lowest BCUT2D eigenvalue weighted by atomic mass is 10.1. The summed E-state index contributed by atoms with van der Waals surface area (Å²) in [4.78, 5) is 11.2. The van der Waals surface area contributed by atoms with Gasteiger partial charge in [0.1, 0.15) is 5.15 Å². The molecule has 1 aliphatic heterocycles. The Kier molecular flexibility index (Phi) is 3.15. The molecule has 1 aromatic carbocycles. The van der Waals surface area contributed by atoms with Gasteiger partial charge in [-0.2, -0.15) is 0 Å². The van der Waals surface area contributed by atoms with E-state index in [1.165, 1.54) is 11.3 Å². The van der Waals surface area contributed by atoms with E-state index in [-0.39, 0.29) is 0 Å². The van der Waals surface area contributed by atoms with Crippen molar-refractivity contribution in [3.63, 3.8) is 0 Å². The van der Waals surface area contributed by atoms with E-state index in [2.05, 4.69) is 47.0 Å². The molecule has 0 fully saturated rings. The molecule has 2 heterocycles. The second kappa shape index (κ2) is 4.82. The fourth-order valence-electron chi connectivity index (χ4n) is 2.48. The van der Waals surface area contributed by atoms with E-state index < -0.39 is 0 Å². The Labute approximate surface area is 118 Å². The molecule has 4 heteroatoms. The second-order valence-electron chi connectivity index (χ2n) is 4.87. The van der Waals surface area contributed by atoms with Gasteiger partial charge in [0.25, 0.3) is 0 Å². The first-order valence-corrected chi connectivity index (χ1v) is 6.93. The van der Waals surface area contributed by atoms with Gasteiger partial charge in [0.2, 0.25) is 0 Å². The Morgan fingerprint density at radius 3 is 2.89 bits per heavy atom. The van der Waals surface area contributed by atoms with E-state index in [0.717, 1.165) is 36.5 Å². The summed E-state index contributed by atoms with van der Waals surface area (Å²) in [6, 6.07) is 8.23. The highest BCUT2D eigenvalue weighted by atomic mass is 35.5. The quantitative estimate of drug-likeness (QED) is 0.786. The molecule has 3 rings (SSSR count). The van der Waals surface area contributed by atoms with Crippen LogP contribution in [0.2, 0.25) is 5.15 Å². The molecule has 19 heavy (non-hydrogen) atoms. The van der Waals surface area contributed by atoms with Crippen LogP contribution < -0.4 is 4.90 Å². The van der Waals surface area contributed by atoms with Crippen molar-refractivity contribution in [2.24, 2.45) is 0 Å². The van der Waals surface area contributed by atoms with E-state index in [1.54, 1.807) is 0 Å². The molecule has 3 nitrogen and oxygen atoms in total. The number of fused-ring (bicyclic) bond motifs is 1. The molecule has 0 amide bonds. The third kappa shape index (κ3) is 2.30. The number of benzene rings is 1. The minimum atomic E-state index is 0.513. The van der Waals surface area contributed by atoms with Crippen molar-refractivity contribution >= 4 is 17.3 Å². The van der Waals surface area contributed by atoms with Crippen molar-refractivity contribution < 1.29 is 0 Å². The average molecular weight is 274 g/mol. The van der Waals surface area contributed by atoms with Crippen LogP contribution >= 0.6 is 11.6 Å². The molecule has 0 saturated carbocycles. The molecule has 0 bridgehead atoms. The smallest absolute Gasteiger partial charge is 0.161 e. The molecule has 0 N–H and O–H groups in total. The first-order valence-electron chi connectivity index (χ1n) is 6.55. The van der Waals surface area contributed by atoms with Crippen LogP contribution in [0.1, 0.15) is 18.2 Å². The van der Waals surface area contributed by atoms with Gasteiger partial charge in [-0.15, -0.1) is 0 Å². The summed E-state index contributed by atoms with van der Waals surface area (Å²) in [5, 5.41) is 0.513. The van der Waals surface area contributed by atoms with Crippen molar-refractivity contribution in [2.45, 2.75) is 19.8 Å². The summed E-state index contributed by atoms with van der Waals surface area (Å²) in [6.07, 6.45) is 1.95. The predicted octanol–water partition coefficient (Wildman–Crippen LogP) is 3.35. The maximum absolute atomic E-state index is 6.06. The Bertz CT molecular complexity index is 625. The molecular formula is C15H16ClN3. The molecule has 1 aromatic heterocycles. The second-order valence-corrected chi connectivity index (χ2v) is 5.26. The highest BCUT2D eigenvalue weighted by molar-refractivity contribution is 6.29. The number of hydrogen-bond donors (Lipinski definition) is 0. The summed E-state index contributed by atoms with van der Waals surface area (Å²) in [7, 11) is 2.12. The van der Waals surface area contributed by atoms with Crippen molar-refractivity contribution in [3.8, 4) is 11.4 Å². The summed E-state index contributed by atoms with van der Waals surface area (Å²) >= 11 is 6.06. The van der Waals surface area contributed by atoms with Crippen LogP contribution in [0.25, 0.3) is 11.4 Å². The molecule has 0 saturated heterocycles. The van der Waals surface area contributed by atoms with Gasteiger partial charge in [-0.1, -0.05) is 18.5 Å². The van der Waals surface area contributed by atoms with E-state index in [0.29, 0.717) is 5.15 Å². The predicted molar refractivity (Wildman–Crippen MR) is 78.8 cm³/mol. The topological polar surface area (TPSA) is 29.0 Å². The lowest BCUT2D eigenvalue weighted by Gasteiger charge is -2.12. The summed E-state index contributed by atoms with van der Waals surface area (Å²) in [5.41, 5.74) is 4.70. The number of hydrogen-bond acceptors (Lipinski definition) is 3. The molecule has 0 unspecified atom stereocenters. The van der Waals surface area contributed by atoms with Crippen LogP contribution in [0.5, 0.6) is 0 Å². The van der Waals surface area contributed by atoms with Gasteiger partial charge in [0.05, 0.1) is 0 Å². The Hall–Kier alpha value is -1.61. The zero-order chi connectivity index (χ0) is 13.4. The van der Waals surface area contributed by atoms with Crippen molar-refractivity contribution in [1.82, 2.24) is 9.97 Å². The molecule has 2 aromatic rings. The zero-order valence-corrected chi connectivity index (χ0v) is 11.9. The summed E-state index contributed by atoms with van der Waals surface area (Å²) in [5.74, 6) is 0.724. The molecule has 98 valence electrons. The first-order chi connectivity index (χ1) is 9.17. The normalized spacial score (nSPS) is 13.7. The maximum atomic E-state index is 6.06. The number of halogens is 1. The van der Waals surface area contributed by atoms with Crippen LogP contribution in [0, 0.1) is 0 Å². The van der Waals surface area contributed by atoms with E-state index in [9.17, 15) is 0 Å². The Morgan fingerprint density at radius 2 is 2.11 bits per heavy atom. The number of likely N-dealkylation sites (N-methyl/N-ethyl adjacent to an activating group) is 1. The van der Waals surface area contributed by atoms with Crippen LogP contribution in [0.3, 0.4) is 0 Å². The van der Waals surface area contributed by atoms with Gasteiger partial charge < -0.3 is 4.90 Å². The molecular weight excluding hydrogens is 258 g/mol. The number of anilines is 1. The van der Waals surface area contributed by atoms with Crippen LogP contribution in [-0.2, 0) is 12.8 Å². The highest BCUT2D eigenvalue weighted by Crippen LogP contribution is 2.30. The fraction of sp³-hybridized carbons (Fsp3) is 0.333. The van der Waals surface area contributed by atoms with Gasteiger partial charge in [-0.05, 0) is 42.7 Å². The maximum Gasteiger partial charge on any atom is 0.161 e. The highest BCUT2D eigenvalue weighted by Gasteiger charge is 2.16. The Balaban J connectivity index is 2.05. The average Bonchev–Trinajstić information content (AvgIpc) is 2.79. The van der Waals surface area contributed by atoms with Crippen LogP contribution in [-0.4, -0.2) is 23.6 Å². The fourth-order valence-corrected chi connectivity index (χ4v) is 2.69. The monoisotopic (exact) mass is 273 g/mol. The third-order valence-electron chi connectivity index (χ3n) is 3.58. The number of rotatable bonds is 2. The molecule has 0 spiro atoms.